The lowest BCUT2D eigenvalue weighted by molar-refractivity contribution is 0.0633. The van der Waals surface area contributed by atoms with Gasteiger partial charge in [0.1, 0.15) is 0 Å². The fourth-order valence-corrected chi connectivity index (χ4v) is 3.20. The highest BCUT2D eigenvalue weighted by Gasteiger charge is 2.28. The Balaban J connectivity index is 0.00000300. The SMILES string of the molecule is CC(C)(C)CNC(=O)c1ccc(C(=O)N2CCNCC2c2cccnc2)cc1.Cl. The fraction of sp³-hybridized carbons (Fsp3) is 0.409. The minimum atomic E-state index is -0.121. The van der Waals surface area contributed by atoms with Crippen LogP contribution in [0.5, 0.6) is 0 Å². The number of piperazine rings is 1. The molecular formula is C22H29ClN4O2. The molecule has 1 aliphatic rings. The van der Waals surface area contributed by atoms with E-state index in [1.807, 2.05) is 17.0 Å². The molecule has 2 aromatic rings. The summed E-state index contributed by atoms with van der Waals surface area (Å²) in [7, 11) is 0. The van der Waals surface area contributed by atoms with Crippen LogP contribution in [0.2, 0.25) is 0 Å². The van der Waals surface area contributed by atoms with Crippen molar-refractivity contribution in [2.75, 3.05) is 26.2 Å². The molecule has 2 N–H and O–H groups in total. The molecule has 2 amide bonds. The van der Waals surface area contributed by atoms with Gasteiger partial charge in [0.2, 0.25) is 0 Å². The molecule has 1 aliphatic heterocycles. The second-order valence-electron chi connectivity index (χ2n) is 8.33. The molecule has 156 valence electrons. The summed E-state index contributed by atoms with van der Waals surface area (Å²) in [5.74, 6) is -0.152. The van der Waals surface area contributed by atoms with Gasteiger partial charge in [0.15, 0.2) is 0 Å². The average molecular weight is 417 g/mol. The molecule has 1 aromatic heterocycles. The van der Waals surface area contributed by atoms with Crippen molar-refractivity contribution in [2.45, 2.75) is 26.8 Å². The van der Waals surface area contributed by atoms with Crippen LogP contribution in [0.15, 0.2) is 48.8 Å². The van der Waals surface area contributed by atoms with Crippen molar-refractivity contribution in [3.05, 3.63) is 65.5 Å². The van der Waals surface area contributed by atoms with Crippen LogP contribution in [0, 0.1) is 5.41 Å². The van der Waals surface area contributed by atoms with E-state index in [1.54, 1.807) is 36.7 Å². The van der Waals surface area contributed by atoms with Crippen molar-refractivity contribution in [1.82, 2.24) is 20.5 Å². The number of carbonyl (C=O) groups excluding carboxylic acids is 2. The van der Waals surface area contributed by atoms with E-state index in [-0.39, 0.29) is 35.7 Å². The van der Waals surface area contributed by atoms with Gasteiger partial charge < -0.3 is 15.5 Å². The van der Waals surface area contributed by atoms with Crippen molar-refractivity contribution >= 4 is 24.2 Å². The third-order valence-electron chi connectivity index (χ3n) is 4.75. The lowest BCUT2D eigenvalue weighted by Crippen LogP contribution is -2.48. The van der Waals surface area contributed by atoms with Crippen molar-refractivity contribution in [2.24, 2.45) is 5.41 Å². The Morgan fingerprint density at radius 2 is 1.86 bits per heavy atom. The summed E-state index contributed by atoms with van der Waals surface area (Å²) in [5.41, 5.74) is 2.18. The summed E-state index contributed by atoms with van der Waals surface area (Å²) in [6, 6.07) is 10.7. The topological polar surface area (TPSA) is 74.3 Å². The van der Waals surface area contributed by atoms with Gasteiger partial charge in [-0.3, -0.25) is 14.6 Å². The smallest absolute Gasteiger partial charge is 0.254 e. The Bertz CT molecular complexity index is 819. The Labute approximate surface area is 178 Å². The van der Waals surface area contributed by atoms with E-state index >= 15 is 0 Å². The van der Waals surface area contributed by atoms with Crippen LogP contribution in [-0.2, 0) is 0 Å². The third-order valence-corrected chi connectivity index (χ3v) is 4.75. The number of nitrogens with zero attached hydrogens (tertiary/aromatic N) is 2. The summed E-state index contributed by atoms with van der Waals surface area (Å²) in [6.07, 6.45) is 3.54. The van der Waals surface area contributed by atoms with Crippen LogP contribution in [0.1, 0.15) is 53.1 Å². The largest absolute Gasteiger partial charge is 0.352 e. The Kier molecular flexibility index (Phi) is 7.76. The second kappa shape index (κ2) is 9.85. The van der Waals surface area contributed by atoms with Gasteiger partial charge in [0.25, 0.3) is 11.8 Å². The highest BCUT2D eigenvalue weighted by molar-refractivity contribution is 5.98. The van der Waals surface area contributed by atoms with Gasteiger partial charge in [-0.05, 0) is 41.3 Å². The Morgan fingerprint density at radius 3 is 2.48 bits per heavy atom. The molecule has 1 unspecified atom stereocenters. The minimum absolute atomic E-state index is 0. The zero-order valence-electron chi connectivity index (χ0n) is 17.1. The Hall–Kier alpha value is -2.44. The number of pyridine rings is 1. The lowest BCUT2D eigenvalue weighted by atomic mass is 9.97. The van der Waals surface area contributed by atoms with Crippen LogP contribution in [0.25, 0.3) is 0 Å². The number of halogens is 1. The van der Waals surface area contributed by atoms with Gasteiger partial charge in [-0.15, -0.1) is 12.4 Å². The summed E-state index contributed by atoms with van der Waals surface area (Å²) in [6.45, 7) is 8.90. The molecule has 1 fully saturated rings. The van der Waals surface area contributed by atoms with Crippen molar-refractivity contribution in [3.63, 3.8) is 0 Å². The standard InChI is InChI=1S/C22H28N4O2.ClH/c1-22(2,3)15-25-20(27)16-6-8-17(9-7-16)21(28)26-12-11-24-14-19(26)18-5-4-10-23-13-18;/h4-10,13,19,24H,11-12,14-15H2,1-3H3,(H,25,27);1H. The predicted molar refractivity (Wildman–Crippen MR) is 116 cm³/mol. The first-order valence-corrected chi connectivity index (χ1v) is 9.65. The van der Waals surface area contributed by atoms with E-state index in [2.05, 4.69) is 36.4 Å². The first-order valence-electron chi connectivity index (χ1n) is 9.65. The zero-order chi connectivity index (χ0) is 20.1. The molecule has 6 nitrogen and oxygen atoms in total. The molecule has 29 heavy (non-hydrogen) atoms. The fourth-order valence-electron chi connectivity index (χ4n) is 3.20. The molecule has 1 saturated heterocycles. The molecule has 0 radical (unpaired) electrons. The molecule has 7 heteroatoms. The Morgan fingerprint density at radius 1 is 1.17 bits per heavy atom. The summed E-state index contributed by atoms with van der Waals surface area (Å²) in [5, 5.41) is 6.28. The van der Waals surface area contributed by atoms with Crippen molar-refractivity contribution in [1.29, 1.82) is 0 Å². The summed E-state index contributed by atoms with van der Waals surface area (Å²) >= 11 is 0. The number of hydrogen-bond acceptors (Lipinski definition) is 4. The van der Waals surface area contributed by atoms with Crippen LogP contribution in [0.4, 0.5) is 0 Å². The van der Waals surface area contributed by atoms with Crippen molar-refractivity contribution < 1.29 is 9.59 Å². The minimum Gasteiger partial charge on any atom is -0.352 e. The predicted octanol–water partition coefficient (Wildman–Crippen LogP) is 3.07. The third kappa shape index (κ3) is 6.02. The van der Waals surface area contributed by atoms with E-state index in [0.29, 0.717) is 30.8 Å². The first kappa shape index (κ1) is 22.8. The van der Waals surface area contributed by atoms with Gasteiger partial charge in [0.05, 0.1) is 6.04 Å². The number of aromatic nitrogens is 1. The van der Waals surface area contributed by atoms with E-state index in [0.717, 1.165) is 12.1 Å². The maximum absolute atomic E-state index is 13.1. The normalized spacial score (nSPS) is 16.7. The van der Waals surface area contributed by atoms with Gasteiger partial charge in [-0.2, -0.15) is 0 Å². The molecule has 0 saturated carbocycles. The van der Waals surface area contributed by atoms with E-state index in [4.69, 9.17) is 0 Å². The maximum Gasteiger partial charge on any atom is 0.254 e. The first-order chi connectivity index (χ1) is 13.3. The average Bonchev–Trinajstić information content (AvgIpc) is 2.72. The van der Waals surface area contributed by atoms with Crippen LogP contribution in [0.3, 0.4) is 0 Å². The highest BCUT2D eigenvalue weighted by atomic mass is 35.5. The molecule has 3 rings (SSSR count). The number of hydrogen-bond donors (Lipinski definition) is 2. The molecule has 1 aromatic carbocycles. The number of carbonyl (C=O) groups is 2. The van der Waals surface area contributed by atoms with Gasteiger partial charge in [0, 0.05) is 49.7 Å². The van der Waals surface area contributed by atoms with Crippen LogP contribution >= 0.6 is 12.4 Å². The zero-order valence-corrected chi connectivity index (χ0v) is 18.0. The van der Waals surface area contributed by atoms with Gasteiger partial charge in [-0.1, -0.05) is 26.8 Å². The molecule has 1 atom stereocenters. The monoisotopic (exact) mass is 416 g/mol. The molecule has 0 spiro atoms. The lowest BCUT2D eigenvalue weighted by Gasteiger charge is -2.36. The quantitative estimate of drug-likeness (QED) is 0.803. The van der Waals surface area contributed by atoms with E-state index in [9.17, 15) is 9.59 Å². The summed E-state index contributed by atoms with van der Waals surface area (Å²) < 4.78 is 0. The summed E-state index contributed by atoms with van der Waals surface area (Å²) in [4.78, 5) is 31.4. The highest BCUT2D eigenvalue weighted by Crippen LogP contribution is 2.23. The molecule has 0 bridgehead atoms. The number of rotatable bonds is 4. The van der Waals surface area contributed by atoms with Gasteiger partial charge >= 0.3 is 0 Å². The van der Waals surface area contributed by atoms with E-state index < -0.39 is 0 Å². The number of benzene rings is 1. The molecule has 2 heterocycles. The molecule has 0 aliphatic carbocycles. The van der Waals surface area contributed by atoms with Gasteiger partial charge in [-0.25, -0.2) is 0 Å². The van der Waals surface area contributed by atoms with Crippen LogP contribution < -0.4 is 10.6 Å². The molecular weight excluding hydrogens is 388 g/mol. The van der Waals surface area contributed by atoms with E-state index in [1.165, 1.54) is 0 Å². The number of amides is 2. The second-order valence-corrected chi connectivity index (χ2v) is 8.33. The van der Waals surface area contributed by atoms with Crippen molar-refractivity contribution in [3.8, 4) is 0 Å². The van der Waals surface area contributed by atoms with Crippen LogP contribution in [-0.4, -0.2) is 47.9 Å². The number of nitrogens with one attached hydrogen (secondary N) is 2. The maximum atomic E-state index is 13.1.